The highest BCUT2D eigenvalue weighted by Crippen LogP contribution is 2.23. The van der Waals surface area contributed by atoms with Crippen molar-refractivity contribution in [3.8, 4) is 17.2 Å². The molecule has 0 N–H and O–H groups in total. The maximum Gasteiger partial charge on any atom is 0.243 e. The first-order valence-corrected chi connectivity index (χ1v) is 9.58. The Bertz CT molecular complexity index is 853. The Morgan fingerprint density at radius 1 is 1.00 bits per heavy atom. The molecule has 0 radical (unpaired) electrons. The zero-order chi connectivity index (χ0) is 18.4. The van der Waals surface area contributed by atoms with Crippen molar-refractivity contribution >= 4 is 10.0 Å². The second kappa shape index (κ2) is 8.26. The van der Waals surface area contributed by atoms with Crippen LogP contribution in [0.15, 0.2) is 53.4 Å². The number of sulfonamides is 1. The summed E-state index contributed by atoms with van der Waals surface area (Å²) in [6, 6.07) is 16.2. The van der Waals surface area contributed by atoms with Crippen LogP contribution < -0.4 is 0 Å². The van der Waals surface area contributed by atoms with E-state index in [1.54, 1.807) is 36.4 Å². The molecule has 0 saturated carbocycles. The van der Waals surface area contributed by atoms with E-state index in [2.05, 4.69) is 6.07 Å². The molecule has 0 unspecified atom stereocenters. The number of rotatable bonds is 7. The maximum atomic E-state index is 12.8. The molecule has 0 saturated heterocycles. The van der Waals surface area contributed by atoms with Crippen LogP contribution in [0.4, 0.5) is 0 Å². The molecule has 25 heavy (non-hydrogen) atoms. The molecule has 2 aromatic carbocycles. The van der Waals surface area contributed by atoms with Gasteiger partial charge in [0.25, 0.3) is 0 Å². The summed E-state index contributed by atoms with van der Waals surface area (Å²) in [5, 5.41) is 9.00. The van der Waals surface area contributed by atoms with Gasteiger partial charge in [0.2, 0.25) is 10.0 Å². The third-order valence-electron chi connectivity index (χ3n) is 3.97. The summed E-state index contributed by atoms with van der Waals surface area (Å²) in [6.45, 7) is 3.40. The first-order valence-electron chi connectivity index (χ1n) is 8.14. The Morgan fingerprint density at radius 2 is 1.68 bits per heavy atom. The van der Waals surface area contributed by atoms with Gasteiger partial charge in [-0.25, -0.2) is 8.42 Å². The lowest BCUT2D eigenvalue weighted by molar-refractivity contribution is 0.340. The van der Waals surface area contributed by atoms with Gasteiger partial charge in [0.05, 0.1) is 16.5 Å². The average molecular weight is 357 g/mol. The second-order valence-electron chi connectivity index (χ2n) is 6.02. The van der Waals surface area contributed by atoms with Gasteiger partial charge in [-0.1, -0.05) is 31.2 Å². The quantitative estimate of drug-likeness (QED) is 0.764. The highest BCUT2D eigenvalue weighted by Gasteiger charge is 2.22. The van der Waals surface area contributed by atoms with Crippen molar-refractivity contribution in [1.29, 1.82) is 5.26 Å². The predicted molar refractivity (Wildman–Crippen MR) is 99.6 cm³/mol. The van der Waals surface area contributed by atoms with E-state index in [0.29, 0.717) is 25.2 Å². The molecule has 0 spiro atoms. The van der Waals surface area contributed by atoms with Crippen LogP contribution >= 0.6 is 0 Å². The molecular formula is C19H23N3O2S. The lowest BCUT2D eigenvalue weighted by Crippen LogP contribution is -2.36. The molecule has 2 aromatic rings. The lowest BCUT2D eigenvalue weighted by atomic mass is 10.0. The molecule has 0 aliphatic carbocycles. The lowest BCUT2D eigenvalue weighted by Gasteiger charge is -2.22. The number of hydrogen-bond donors (Lipinski definition) is 0. The van der Waals surface area contributed by atoms with E-state index < -0.39 is 10.0 Å². The molecule has 0 bridgehead atoms. The molecular weight excluding hydrogens is 334 g/mol. The van der Waals surface area contributed by atoms with E-state index in [0.717, 1.165) is 11.1 Å². The zero-order valence-corrected chi connectivity index (χ0v) is 15.6. The van der Waals surface area contributed by atoms with Crippen molar-refractivity contribution in [2.24, 2.45) is 0 Å². The van der Waals surface area contributed by atoms with E-state index >= 15 is 0 Å². The smallest absolute Gasteiger partial charge is 0.243 e. The standard InChI is InChI=1S/C19H23N3O2S/c1-4-22(13-12-21(2)3)25(23,24)19-10-8-17(9-11-19)18-7-5-6-16(14-18)15-20/h5-11,14H,4,12-13H2,1-3H3. The minimum atomic E-state index is -3.50. The number of nitrogens with zero attached hydrogens (tertiary/aromatic N) is 3. The topological polar surface area (TPSA) is 64.4 Å². The second-order valence-corrected chi connectivity index (χ2v) is 7.95. The summed E-state index contributed by atoms with van der Waals surface area (Å²) >= 11 is 0. The van der Waals surface area contributed by atoms with Crippen LogP contribution in [0, 0.1) is 11.3 Å². The van der Waals surface area contributed by atoms with Crippen molar-refractivity contribution < 1.29 is 8.42 Å². The summed E-state index contributed by atoms with van der Waals surface area (Å²) in [4.78, 5) is 2.25. The third kappa shape index (κ3) is 4.67. The maximum absolute atomic E-state index is 12.8. The van der Waals surface area contributed by atoms with Crippen LogP contribution in [0.5, 0.6) is 0 Å². The average Bonchev–Trinajstić information content (AvgIpc) is 2.62. The highest BCUT2D eigenvalue weighted by atomic mass is 32.2. The Hall–Kier alpha value is -2.20. The largest absolute Gasteiger partial charge is 0.308 e. The van der Waals surface area contributed by atoms with Crippen molar-refractivity contribution in [1.82, 2.24) is 9.21 Å². The summed E-state index contributed by atoms with van der Waals surface area (Å²) in [7, 11) is 0.338. The van der Waals surface area contributed by atoms with Gasteiger partial charge in [0.15, 0.2) is 0 Å². The Labute approximate surface area is 150 Å². The van der Waals surface area contributed by atoms with Crippen LogP contribution in [-0.2, 0) is 10.0 Å². The first-order chi connectivity index (χ1) is 11.9. The van der Waals surface area contributed by atoms with Crippen LogP contribution in [0.25, 0.3) is 11.1 Å². The Balaban J connectivity index is 2.27. The molecule has 0 aromatic heterocycles. The number of hydrogen-bond acceptors (Lipinski definition) is 4. The van der Waals surface area contributed by atoms with Crippen molar-refractivity contribution in [2.45, 2.75) is 11.8 Å². The van der Waals surface area contributed by atoms with Gasteiger partial charge in [-0.3, -0.25) is 0 Å². The number of benzene rings is 2. The first kappa shape index (κ1) is 19.1. The molecule has 6 heteroatoms. The van der Waals surface area contributed by atoms with Gasteiger partial charge in [-0.2, -0.15) is 9.57 Å². The van der Waals surface area contributed by atoms with Crippen molar-refractivity contribution in [2.75, 3.05) is 33.7 Å². The molecule has 0 amide bonds. The van der Waals surface area contributed by atoms with E-state index in [1.165, 1.54) is 4.31 Å². The van der Waals surface area contributed by atoms with E-state index in [-0.39, 0.29) is 4.90 Å². The minimum absolute atomic E-state index is 0.285. The normalized spacial score (nSPS) is 11.7. The fraction of sp³-hybridized carbons (Fsp3) is 0.316. The molecule has 2 rings (SSSR count). The number of nitriles is 1. The van der Waals surface area contributed by atoms with Gasteiger partial charge in [0, 0.05) is 19.6 Å². The van der Waals surface area contributed by atoms with E-state index in [4.69, 9.17) is 5.26 Å². The zero-order valence-electron chi connectivity index (χ0n) is 14.8. The Morgan fingerprint density at radius 3 is 2.24 bits per heavy atom. The van der Waals surface area contributed by atoms with Crippen molar-refractivity contribution in [3.63, 3.8) is 0 Å². The van der Waals surface area contributed by atoms with Gasteiger partial charge < -0.3 is 4.90 Å². The van der Waals surface area contributed by atoms with Gasteiger partial charge in [-0.15, -0.1) is 0 Å². The fourth-order valence-corrected chi connectivity index (χ4v) is 3.94. The van der Waals surface area contributed by atoms with Crippen LogP contribution in [-0.4, -0.2) is 51.4 Å². The molecule has 132 valence electrons. The van der Waals surface area contributed by atoms with Gasteiger partial charge in [0.1, 0.15) is 0 Å². The third-order valence-corrected chi connectivity index (χ3v) is 5.95. The van der Waals surface area contributed by atoms with Crippen LogP contribution in [0.2, 0.25) is 0 Å². The molecule has 5 nitrogen and oxygen atoms in total. The molecule has 0 aliphatic heterocycles. The van der Waals surface area contributed by atoms with Gasteiger partial charge >= 0.3 is 0 Å². The predicted octanol–water partition coefficient (Wildman–Crippen LogP) is 2.80. The highest BCUT2D eigenvalue weighted by molar-refractivity contribution is 7.89. The molecule has 0 aliphatic rings. The fourth-order valence-electron chi connectivity index (χ4n) is 2.50. The summed E-state index contributed by atoms with van der Waals surface area (Å²) in [6.07, 6.45) is 0. The molecule has 0 fully saturated rings. The van der Waals surface area contributed by atoms with Crippen LogP contribution in [0.3, 0.4) is 0 Å². The van der Waals surface area contributed by atoms with Crippen molar-refractivity contribution in [3.05, 3.63) is 54.1 Å². The summed E-state index contributed by atoms with van der Waals surface area (Å²) < 4.78 is 27.1. The summed E-state index contributed by atoms with van der Waals surface area (Å²) in [5.41, 5.74) is 2.35. The van der Waals surface area contributed by atoms with Gasteiger partial charge in [-0.05, 0) is 49.5 Å². The minimum Gasteiger partial charge on any atom is -0.308 e. The molecule has 0 atom stereocenters. The summed E-state index contributed by atoms with van der Waals surface area (Å²) in [5.74, 6) is 0. The SMILES string of the molecule is CCN(CCN(C)C)S(=O)(=O)c1ccc(-c2cccc(C#N)c2)cc1. The Kier molecular flexibility index (Phi) is 6.32. The van der Waals surface area contributed by atoms with Crippen LogP contribution in [0.1, 0.15) is 12.5 Å². The monoisotopic (exact) mass is 357 g/mol. The van der Waals surface area contributed by atoms with E-state index in [9.17, 15) is 8.42 Å². The molecule has 0 heterocycles. The van der Waals surface area contributed by atoms with E-state index in [1.807, 2.05) is 38.1 Å². The number of likely N-dealkylation sites (N-methyl/N-ethyl adjacent to an activating group) is 2.